The van der Waals surface area contributed by atoms with Crippen LogP contribution in [0, 0.1) is 6.92 Å². The Bertz CT molecular complexity index is 791. The highest BCUT2D eigenvalue weighted by atomic mass is 19.3. The zero-order valence-corrected chi connectivity index (χ0v) is 18.7. The lowest BCUT2D eigenvalue weighted by Crippen LogP contribution is -2.56. The largest absolute Gasteiger partial charge is 0.493 e. The highest BCUT2D eigenvalue weighted by Gasteiger charge is 2.48. The minimum atomic E-state index is -3.24. The highest BCUT2D eigenvalue weighted by Crippen LogP contribution is 2.38. The van der Waals surface area contributed by atoms with Gasteiger partial charge in [-0.1, -0.05) is 0 Å². The summed E-state index contributed by atoms with van der Waals surface area (Å²) in [6, 6.07) is 3.29. The molecule has 1 unspecified atom stereocenters. The van der Waals surface area contributed by atoms with E-state index in [1.807, 2.05) is 21.0 Å². The third-order valence-electron chi connectivity index (χ3n) is 4.36. The monoisotopic (exact) mass is 427 g/mol. The third kappa shape index (κ3) is 6.21. The average Bonchev–Trinajstić information content (AvgIpc) is 2.60. The molecule has 1 heterocycles. The quantitative estimate of drug-likeness (QED) is 0.519. The zero-order valence-electron chi connectivity index (χ0n) is 18.7. The number of piperidine rings is 1. The molecule has 0 N–H and O–H groups in total. The van der Waals surface area contributed by atoms with Crippen LogP contribution in [0.25, 0.3) is 0 Å². The Morgan fingerprint density at radius 1 is 1.30 bits per heavy atom. The molecule has 1 aromatic rings. The number of aliphatic imine (C=N–C) groups is 1. The molecule has 0 aliphatic carbocycles. The number of carbonyl (C=O) groups is 1. The third-order valence-corrected chi connectivity index (χ3v) is 4.36. The molecule has 168 valence electrons. The summed E-state index contributed by atoms with van der Waals surface area (Å²) in [7, 11) is 5.14. The first-order chi connectivity index (χ1) is 13.8. The Morgan fingerprint density at radius 2 is 1.97 bits per heavy atom. The maximum Gasteiger partial charge on any atom is 0.410 e. The zero-order chi connectivity index (χ0) is 22.7. The van der Waals surface area contributed by atoms with Crippen LogP contribution in [0.4, 0.5) is 19.3 Å². The van der Waals surface area contributed by atoms with Crippen molar-refractivity contribution in [3.8, 4) is 11.5 Å². The van der Waals surface area contributed by atoms with Crippen molar-refractivity contribution in [2.24, 2.45) is 4.99 Å². The number of rotatable bonds is 5. The van der Waals surface area contributed by atoms with Crippen molar-refractivity contribution in [3.63, 3.8) is 0 Å². The lowest BCUT2D eigenvalue weighted by Gasteiger charge is -2.38. The molecule has 2 rings (SSSR count). The molecule has 1 aliphatic heterocycles. The van der Waals surface area contributed by atoms with Gasteiger partial charge < -0.3 is 24.0 Å². The van der Waals surface area contributed by atoms with E-state index in [1.165, 1.54) is 7.11 Å². The fraction of sp³-hybridized carbons (Fsp3) is 0.619. The summed E-state index contributed by atoms with van der Waals surface area (Å²) in [4.78, 5) is 19.3. The number of hydrogen-bond donors (Lipinski definition) is 0. The van der Waals surface area contributed by atoms with Crippen LogP contribution >= 0.6 is 0 Å². The van der Waals surface area contributed by atoms with Crippen LogP contribution in [-0.4, -0.2) is 74.2 Å². The van der Waals surface area contributed by atoms with Crippen LogP contribution in [0.5, 0.6) is 11.5 Å². The van der Waals surface area contributed by atoms with Crippen LogP contribution in [0.15, 0.2) is 17.1 Å². The lowest BCUT2D eigenvalue weighted by molar-refractivity contribution is -0.137. The van der Waals surface area contributed by atoms with Crippen LogP contribution < -0.4 is 9.47 Å². The van der Waals surface area contributed by atoms with E-state index in [0.717, 1.165) is 10.5 Å². The maximum atomic E-state index is 14.8. The van der Waals surface area contributed by atoms with Crippen molar-refractivity contribution >= 4 is 18.1 Å². The van der Waals surface area contributed by atoms with Gasteiger partial charge in [-0.15, -0.1) is 0 Å². The molecular weight excluding hydrogens is 396 g/mol. The molecule has 0 radical (unpaired) electrons. The van der Waals surface area contributed by atoms with Gasteiger partial charge in [0.25, 0.3) is 0 Å². The van der Waals surface area contributed by atoms with Gasteiger partial charge in [-0.2, -0.15) is 0 Å². The van der Waals surface area contributed by atoms with Crippen LogP contribution in [-0.2, 0) is 4.74 Å². The SMILES string of the molecule is COc1cc(N=CN(C)C)c(C)cc1OC1CCN(C(=O)OC(C)(C)C)CC1(F)F. The van der Waals surface area contributed by atoms with Crippen LogP contribution in [0.2, 0.25) is 0 Å². The van der Waals surface area contributed by atoms with Gasteiger partial charge >= 0.3 is 12.0 Å². The van der Waals surface area contributed by atoms with Crippen LogP contribution in [0.1, 0.15) is 32.8 Å². The Hall–Kier alpha value is -2.58. The van der Waals surface area contributed by atoms with Gasteiger partial charge in [-0.3, -0.25) is 0 Å². The standard InChI is InChI=1S/C21H31F2N3O4/c1-14-10-17(16(28-7)11-15(14)24-13-25(5)6)29-18-8-9-26(12-21(18,22)23)19(27)30-20(2,3)4/h10-11,13,18H,8-9,12H2,1-7H3. The van der Waals surface area contributed by atoms with Crippen molar-refractivity contribution < 1.29 is 27.8 Å². The van der Waals surface area contributed by atoms with Gasteiger partial charge in [-0.25, -0.2) is 18.6 Å². The fourth-order valence-corrected chi connectivity index (χ4v) is 2.92. The summed E-state index contributed by atoms with van der Waals surface area (Å²) in [5.74, 6) is -2.71. The normalized spacial score (nSPS) is 19.0. The number of hydrogen-bond acceptors (Lipinski definition) is 5. The number of benzene rings is 1. The van der Waals surface area contributed by atoms with Crippen molar-refractivity contribution in [2.75, 3.05) is 34.3 Å². The second-order valence-corrected chi connectivity index (χ2v) is 8.56. The number of methoxy groups -OCH3 is 1. The molecule has 0 bridgehead atoms. The first-order valence-electron chi connectivity index (χ1n) is 9.74. The number of amides is 1. The Labute approximate surface area is 176 Å². The van der Waals surface area contributed by atoms with Gasteiger partial charge in [-0.05, 0) is 39.3 Å². The van der Waals surface area contributed by atoms with Gasteiger partial charge in [0, 0.05) is 33.1 Å². The Morgan fingerprint density at radius 3 is 2.50 bits per heavy atom. The van der Waals surface area contributed by atoms with Gasteiger partial charge in [0.2, 0.25) is 0 Å². The van der Waals surface area contributed by atoms with E-state index in [9.17, 15) is 13.6 Å². The van der Waals surface area contributed by atoms with Crippen molar-refractivity contribution in [1.82, 2.24) is 9.80 Å². The molecule has 0 saturated carbocycles. The minimum absolute atomic E-state index is 0.0328. The number of alkyl halides is 2. The molecule has 1 aromatic carbocycles. The van der Waals surface area contributed by atoms with E-state index >= 15 is 0 Å². The molecule has 1 atom stereocenters. The van der Waals surface area contributed by atoms with Crippen molar-refractivity contribution in [2.45, 2.75) is 51.7 Å². The fourth-order valence-electron chi connectivity index (χ4n) is 2.92. The first-order valence-corrected chi connectivity index (χ1v) is 9.74. The number of aryl methyl sites for hydroxylation is 1. The molecular formula is C21H31F2N3O4. The van der Waals surface area contributed by atoms with Gasteiger partial charge in [0.1, 0.15) is 5.60 Å². The molecule has 1 amide bonds. The molecule has 1 fully saturated rings. The highest BCUT2D eigenvalue weighted by molar-refractivity contribution is 5.68. The first kappa shape index (κ1) is 23.7. The van der Waals surface area contributed by atoms with E-state index in [4.69, 9.17) is 14.2 Å². The van der Waals surface area contributed by atoms with Gasteiger partial charge in [0.05, 0.1) is 25.7 Å². The number of carbonyl (C=O) groups excluding carboxylic acids is 1. The summed E-state index contributed by atoms with van der Waals surface area (Å²) in [5.41, 5.74) is 0.666. The minimum Gasteiger partial charge on any atom is -0.493 e. The Kier molecular flexibility index (Phi) is 7.15. The molecule has 7 nitrogen and oxygen atoms in total. The number of nitrogens with zero attached hydrogens (tertiary/aromatic N) is 3. The van der Waals surface area contributed by atoms with Crippen molar-refractivity contribution in [3.05, 3.63) is 17.7 Å². The molecule has 1 saturated heterocycles. The molecule has 30 heavy (non-hydrogen) atoms. The summed E-state index contributed by atoms with van der Waals surface area (Å²) in [6.45, 7) is 6.25. The summed E-state index contributed by atoms with van der Waals surface area (Å²) in [6.07, 6.45) is -0.532. The lowest BCUT2D eigenvalue weighted by atomic mass is 10.0. The number of halogens is 2. The van der Waals surface area contributed by atoms with Crippen molar-refractivity contribution in [1.29, 1.82) is 0 Å². The molecule has 9 heteroatoms. The summed E-state index contributed by atoms with van der Waals surface area (Å²) < 4.78 is 45.8. The predicted molar refractivity (Wildman–Crippen MR) is 111 cm³/mol. The second-order valence-electron chi connectivity index (χ2n) is 8.56. The molecule has 0 spiro atoms. The summed E-state index contributed by atoms with van der Waals surface area (Å²) in [5, 5.41) is 0. The summed E-state index contributed by atoms with van der Waals surface area (Å²) >= 11 is 0. The predicted octanol–water partition coefficient (Wildman–Crippen LogP) is 4.25. The van der Waals surface area contributed by atoms with Gasteiger partial charge in [0.15, 0.2) is 17.6 Å². The smallest absolute Gasteiger partial charge is 0.410 e. The second kappa shape index (κ2) is 9.06. The number of likely N-dealkylation sites (tertiary alicyclic amines) is 1. The average molecular weight is 427 g/mol. The maximum absolute atomic E-state index is 14.8. The number of ether oxygens (including phenoxy) is 3. The Balaban J connectivity index is 2.16. The van der Waals surface area contributed by atoms with Crippen LogP contribution in [0.3, 0.4) is 0 Å². The van der Waals surface area contributed by atoms with E-state index < -0.39 is 30.3 Å². The van der Waals surface area contributed by atoms with E-state index in [0.29, 0.717) is 11.4 Å². The molecule has 0 aromatic heterocycles. The van der Waals surface area contributed by atoms with E-state index in [2.05, 4.69) is 4.99 Å². The molecule has 1 aliphatic rings. The van der Waals surface area contributed by atoms with E-state index in [-0.39, 0.29) is 18.7 Å². The van der Waals surface area contributed by atoms with E-state index in [1.54, 1.807) is 44.1 Å². The topological polar surface area (TPSA) is 63.6 Å².